The van der Waals surface area contributed by atoms with Crippen LogP contribution in [0.1, 0.15) is 36.6 Å². The molecule has 28 heavy (non-hydrogen) atoms. The van der Waals surface area contributed by atoms with Crippen LogP contribution in [0.15, 0.2) is 42.5 Å². The lowest BCUT2D eigenvalue weighted by Crippen LogP contribution is -2.37. The van der Waals surface area contributed by atoms with E-state index in [1.54, 1.807) is 18.2 Å². The Morgan fingerprint density at radius 2 is 1.96 bits per heavy atom. The normalized spacial score (nSPS) is 17.6. The third kappa shape index (κ3) is 4.61. The second-order valence-electron chi connectivity index (χ2n) is 6.58. The van der Waals surface area contributed by atoms with Gasteiger partial charge in [-0.15, -0.1) is 0 Å². The summed E-state index contributed by atoms with van der Waals surface area (Å²) in [6.45, 7) is 2.45. The van der Waals surface area contributed by atoms with E-state index in [1.165, 1.54) is 19.2 Å². The van der Waals surface area contributed by atoms with Gasteiger partial charge in [-0.3, -0.25) is 0 Å². The Bertz CT molecular complexity index is 811. The molecule has 0 saturated carbocycles. The van der Waals surface area contributed by atoms with Gasteiger partial charge in [-0.05, 0) is 41.8 Å². The van der Waals surface area contributed by atoms with Gasteiger partial charge in [0.05, 0.1) is 13.2 Å². The molecule has 2 aromatic carbocycles. The van der Waals surface area contributed by atoms with E-state index in [9.17, 15) is 14.3 Å². The van der Waals surface area contributed by atoms with Gasteiger partial charge in [0.2, 0.25) is 6.10 Å². The van der Waals surface area contributed by atoms with E-state index in [-0.39, 0.29) is 18.5 Å². The van der Waals surface area contributed by atoms with Gasteiger partial charge in [0.25, 0.3) is 0 Å². The predicted molar refractivity (Wildman–Crippen MR) is 101 cm³/mol. The summed E-state index contributed by atoms with van der Waals surface area (Å²) < 4.78 is 29.0. The van der Waals surface area contributed by atoms with E-state index < -0.39 is 18.2 Å². The number of ether oxygens (including phenoxy) is 3. The smallest absolute Gasteiger partial charge is 0.350 e. The topological polar surface area (TPSA) is 77.0 Å². The van der Waals surface area contributed by atoms with Gasteiger partial charge >= 0.3 is 5.97 Å². The number of aliphatic hydroxyl groups is 1. The van der Waals surface area contributed by atoms with E-state index in [1.807, 2.05) is 19.1 Å². The van der Waals surface area contributed by atoms with Gasteiger partial charge < -0.3 is 24.6 Å². The van der Waals surface area contributed by atoms with Gasteiger partial charge in [-0.25, -0.2) is 9.18 Å². The Labute approximate surface area is 163 Å². The van der Waals surface area contributed by atoms with E-state index in [4.69, 9.17) is 9.47 Å². The van der Waals surface area contributed by atoms with Crippen molar-refractivity contribution in [3.63, 3.8) is 0 Å². The van der Waals surface area contributed by atoms with Crippen LogP contribution in [0, 0.1) is 5.82 Å². The van der Waals surface area contributed by atoms with Crippen LogP contribution in [0.25, 0.3) is 0 Å². The van der Waals surface area contributed by atoms with E-state index in [0.29, 0.717) is 23.6 Å². The minimum Gasteiger partial charge on any atom is -0.485 e. The van der Waals surface area contributed by atoms with Crippen LogP contribution in [0.5, 0.6) is 11.5 Å². The van der Waals surface area contributed by atoms with Crippen molar-refractivity contribution in [2.45, 2.75) is 31.6 Å². The molecular weight excluding hydrogens is 365 g/mol. The number of fused-ring (bicyclic) bond motifs is 1. The number of carbonyl (C=O) groups is 1. The first-order valence-corrected chi connectivity index (χ1v) is 9.20. The molecule has 2 N–H and O–H groups in total. The quantitative estimate of drug-likeness (QED) is 0.709. The maximum Gasteiger partial charge on any atom is 0.350 e. The van der Waals surface area contributed by atoms with Crippen LogP contribution < -0.4 is 14.8 Å². The SMILES string of the molecule is CCC(NCC(O)c1ccc(F)cc1)c1ccc2c(c1)OCC(C(=O)OC)O2. The highest BCUT2D eigenvalue weighted by Crippen LogP contribution is 2.35. The average molecular weight is 389 g/mol. The number of hydrogen-bond acceptors (Lipinski definition) is 6. The van der Waals surface area contributed by atoms with Gasteiger partial charge in [0.1, 0.15) is 12.4 Å². The number of hydrogen-bond donors (Lipinski definition) is 2. The predicted octanol–water partition coefficient (Wildman–Crippen LogP) is 2.91. The van der Waals surface area contributed by atoms with Crippen molar-refractivity contribution in [1.82, 2.24) is 5.32 Å². The van der Waals surface area contributed by atoms with Crippen molar-refractivity contribution < 1.29 is 28.5 Å². The summed E-state index contributed by atoms with van der Waals surface area (Å²) in [5, 5.41) is 13.7. The third-order valence-electron chi connectivity index (χ3n) is 4.71. The highest BCUT2D eigenvalue weighted by Gasteiger charge is 2.28. The maximum absolute atomic E-state index is 13.0. The standard InChI is InChI=1S/C21H24FNO5/c1-3-16(23-11-17(24)13-4-7-15(22)8-5-13)14-6-9-18-19(10-14)27-12-20(28-18)21(25)26-2/h4-10,16-17,20,23-24H,3,11-12H2,1-2H3. The summed E-state index contributed by atoms with van der Waals surface area (Å²) in [6.07, 6.45) is -0.720. The largest absolute Gasteiger partial charge is 0.485 e. The van der Waals surface area contributed by atoms with Crippen molar-refractivity contribution >= 4 is 5.97 Å². The molecule has 0 bridgehead atoms. The molecule has 1 heterocycles. The molecule has 0 aromatic heterocycles. The fraction of sp³-hybridized carbons (Fsp3) is 0.381. The lowest BCUT2D eigenvalue weighted by Gasteiger charge is -2.26. The molecule has 0 amide bonds. The zero-order valence-electron chi connectivity index (χ0n) is 15.9. The summed E-state index contributed by atoms with van der Waals surface area (Å²) >= 11 is 0. The molecule has 1 aliphatic heterocycles. The Morgan fingerprint density at radius 3 is 2.64 bits per heavy atom. The molecule has 2 aromatic rings. The molecule has 1 aliphatic rings. The van der Waals surface area contributed by atoms with Gasteiger partial charge in [-0.2, -0.15) is 0 Å². The Kier molecular flexibility index (Phi) is 6.49. The number of nitrogens with one attached hydrogen (secondary N) is 1. The van der Waals surface area contributed by atoms with Crippen LogP contribution in [0.3, 0.4) is 0 Å². The Hall–Kier alpha value is -2.64. The number of carbonyl (C=O) groups excluding carboxylic acids is 1. The van der Waals surface area contributed by atoms with Gasteiger partial charge in [0.15, 0.2) is 11.5 Å². The van der Waals surface area contributed by atoms with E-state index in [2.05, 4.69) is 10.1 Å². The molecule has 0 fully saturated rings. The molecule has 0 aliphatic carbocycles. The van der Waals surface area contributed by atoms with Gasteiger partial charge in [0, 0.05) is 12.6 Å². The number of methoxy groups -OCH3 is 1. The van der Waals surface area contributed by atoms with E-state index in [0.717, 1.165) is 12.0 Å². The molecule has 6 nitrogen and oxygen atoms in total. The number of aliphatic hydroxyl groups excluding tert-OH is 1. The lowest BCUT2D eigenvalue weighted by atomic mass is 10.0. The second-order valence-corrected chi connectivity index (χ2v) is 6.58. The monoisotopic (exact) mass is 389 g/mol. The number of esters is 1. The molecular formula is C21H24FNO5. The number of halogens is 1. The first-order valence-electron chi connectivity index (χ1n) is 9.20. The summed E-state index contributed by atoms with van der Waals surface area (Å²) in [6, 6.07) is 11.3. The summed E-state index contributed by atoms with van der Waals surface area (Å²) in [5.74, 6) is 0.252. The minimum atomic E-state index is -0.769. The first kappa shape index (κ1) is 20.1. The minimum absolute atomic E-state index is 0.0117. The lowest BCUT2D eigenvalue weighted by molar-refractivity contribution is -0.151. The third-order valence-corrected chi connectivity index (χ3v) is 4.71. The first-order chi connectivity index (χ1) is 13.5. The summed E-state index contributed by atoms with van der Waals surface area (Å²) in [7, 11) is 1.31. The molecule has 3 rings (SSSR count). The summed E-state index contributed by atoms with van der Waals surface area (Å²) in [5.41, 5.74) is 1.63. The van der Waals surface area contributed by atoms with Crippen LogP contribution >= 0.6 is 0 Å². The summed E-state index contributed by atoms with van der Waals surface area (Å²) in [4.78, 5) is 11.6. The fourth-order valence-corrected chi connectivity index (χ4v) is 3.11. The molecule has 7 heteroatoms. The highest BCUT2D eigenvalue weighted by molar-refractivity contribution is 5.75. The second kappa shape index (κ2) is 9.03. The Balaban J connectivity index is 1.64. The molecule has 0 saturated heterocycles. The molecule has 0 spiro atoms. The highest BCUT2D eigenvalue weighted by atomic mass is 19.1. The van der Waals surface area contributed by atoms with E-state index >= 15 is 0 Å². The number of benzene rings is 2. The average Bonchev–Trinajstić information content (AvgIpc) is 2.73. The molecule has 3 atom stereocenters. The van der Waals surface area contributed by atoms with Gasteiger partial charge in [-0.1, -0.05) is 25.1 Å². The van der Waals surface area contributed by atoms with Crippen molar-refractivity contribution in [2.75, 3.05) is 20.3 Å². The zero-order chi connectivity index (χ0) is 20.1. The van der Waals surface area contributed by atoms with Crippen LogP contribution in [0.4, 0.5) is 4.39 Å². The van der Waals surface area contributed by atoms with Crippen molar-refractivity contribution in [2.24, 2.45) is 0 Å². The maximum atomic E-state index is 13.0. The van der Waals surface area contributed by atoms with Crippen LogP contribution in [0.2, 0.25) is 0 Å². The van der Waals surface area contributed by atoms with Crippen LogP contribution in [-0.2, 0) is 9.53 Å². The molecule has 150 valence electrons. The fourth-order valence-electron chi connectivity index (χ4n) is 3.11. The van der Waals surface area contributed by atoms with Crippen LogP contribution in [-0.4, -0.2) is 37.4 Å². The Morgan fingerprint density at radius 1 is 1.25 bits per heavy atom. The van der Waals surface area contributed by atoms with Crippen molar-refractivity contribution in [3.8, 4) is 11.5 Å². The molecule has 0 radical (unpaired) electrons. The zero-order valence-corrected chi connectivity index (χ0v) is 15.9. The molecule has 3 unspecified atom stereocenters. The van der Waals surface area contributed by atoms with Crippen molar-refractivity contribution in [3.05, 3.63) is 59.4 Å². The van der Waals surface area contributed by atoms with Crippen molar-refractivity contribution in [1.29, 1.82) is 0 Å². The number of rotatable bonds is 7.